The van der Waals surface area contributed by atoms with E-state index in [4.69, 9.17) is 9.15 Å². The second-order valence-corrected chi connectivity index (χ2v) is 9.09. The van der Waals surface area contributed by atoms with Gasteiger partial charge in [0.25, 0.3) is 0 Å². The number of rotatable bonds is 5. The lowest BCUT2D eigenvalue weighted by atomic mass is 10.1. The number of methoxy groups -OCH3 is 1. The first kappa shape index (κ1) is 19.5. The van der Waals surface area contributed by atoms with Gasteiger partial charge in [0, 0.05) is 18.7 Å². The van der Waals surface area contributed by atoms with E-state index in [2.05, 4.69) is 4.98 Å². The van der Waals surface area contributed by atoms with E-state index in [1.165, 1.54) is 0 Å². The van der Waals surface area contributed by atoms with Gasteiger partial charge in [-0.15, -0.1) is 0 Å². The molecule has 1 aliphatic heterocycles. The summed E-state index contributed by atoms with van der Waals surface area (Å²) in [4.78, 5) is 6.65. The average Bonchev–Trinajstić information content (AvgIpc) is 3.21. The zero-order chi connectivity index (χ0) is 20.4. The molecule has 152 valence electrons. The van der Waals surface area contributed by atoms with Crippen molar-refractivity contribution in [2.45, 2.75) is 36.1 Å². The van der Waals surface area contributed by atoms with Crippen LogP contribution in [0.5, 0.6) is 5.75 Å². The third-order valence-electron chi connectivity index (χ3n) is 5.15. The Bertz CT molecular complexity index is 1080. The highest BCUT2D eigenvalue weighted by Crippen LogP contribution is 2.36. The van der Waals surface area contributed by atoms with Crippen LogP contribution in [-0.2, 0) is 9.84 Å². The molecule has 6 nitrogen and oxygen atoms in total. The minimum Gasteiger partial charge on any atom is -0.497 e. The number of piperidine rings is 1. The molecule has 0 amide bonds. The summed E-state index contributed by atoms with van der Waals surface area (Å²) < 4.78 is 38.0. The predicted octanol–water partition coefficient (Wildman–Crippen LogP) is 4.48. The van der Waals surface area contributed by atoms with Crippen molar-refractivity contribution in [3.63, 3.8) is 0 Å². The van der Waals surface area contributed by atoms with E-state index in [0.717, 1.165) is 37.9 Å². The van der Waals surface area contributed by atoms with Gasteiger partial charge in [-0.2, -0.15) is 4.98 Å². The summed E-state index contributed by atoms with van der Waals surface area (Å²) >= 11 is 0. The number of aryl methyl sites for hydroxylation is 1. The highest BCUT2D eigenvalue weighted by molar-refractivity contribution is 7.91. The molecule has 4 rings (SSSR count). The fourth-order valence-corrected chi connectivity index (χ4v) is 4.78. The molecule has 0 radical (unpaired) electrons. The summed E-state index contributed by atoms with van der Waals surface area (Å²) in [6.07, 6.45) is 3.14. The van der Waals surface area contributed by atoms with Crippen molar-refractivity contribution in [2.24, 2.45) is 0 Å². The van der Waals surface area contributed by atoms with Crippen molar-refractivity contribution in [3.8, 4) is 17.2 Å². The average molecular weight is 413 g/mol. The van der Waals surface area contributed by atoms with E-state index in [1.807, 2.05) is 24.0 Å². The summed E-state index contributed by atoms with van der Waals surface area (Å²) in [6.45, 7) is 3.44. The van der Waals surface area contributed by atoms with Crippen LogP contribution in [-0.4, -0.2) is 33.6 Å². The lowest BCUT2D eigenvalue weighted by Gasteiger charge is -2.26. The monoisotopic (exact) mass is 412 g/mol. The molecule has 29 heavy (non-hydrogen) atoms. The van der Waals surface area contributed by atoms with Crippen LogP contribution >= 0.6 is 0 Å². The predicted molar refractivity (Wildman–Crippen MR) is 111 cm³/mol. The maximum atomic E-state index is 13.4. The molecule has 7 heteroatoms. The minimum absolute atomic E-state index is 0.0194. The van der Waals surface area contributed by atoms with Crippen LogP contribution in [0.2, 0.25) is 0 Å². The lowest BCUT2D eigenvalue weighted by Crippen LogP contribution is -2.30. The number of hydrogen-bond acceptors (Lipinski definition) is 6. The fraction of sp³-hybridized carbons (Fsp3) is 0.318. The van der Waals surface area contributed by atoms with Gasteiger partial charge in [-0.25, -0.2) is 8.42 Å². The number of aromatic nitrogens is 1. The van der Waals surface area contributed by atoms with E-state index in [1.54, 1.807) is 43.5 Å². The van der Waals surface area contributed by atoms with E-state index >= 15 is 0 Å². The van der Waals surface area contributed by atoms with Crippen molar-refractivity contribution in [1.29, 1.82) is 0 Å². The summed E-state index contributed by atoms with van der Waals surface area (Å²) in [7, 11) is -2.21. The molecule has 0 N–H and O–H groups in total. The van der Waals surface area contributed by atoms with Gasteiger partial charge >= 0.3 is 0 Å². The zero-order valence-corrected chi connectivity index (χ0v) is 17.4. The van der Waals surface area contributed by atoms with Crippen molar-refractivity contribution >= 4 is 15.7 Å². The maximum absolute atomic E-state index is 13.4. The Kier molecular flexibility index (Phi) is 5.32. The number of anilines is 1. The number of benzene rings is 2. The number of nitrogens with zero attached hydrogens (tertiary/aromatic N) is 2. The van der Waals surface area contributed by atoms with Gasteiger partial charge in [-0.05, 0) is 62.6 Å². The summed E-state index contributed by atoms with van der Waals surface area (Å²) in [5, 5.41) is -0.0194. The molecular weight excluding hydrogens is 388 g/mol. The number of oxazole rings is 1. The van der Waals surface area contributed by atoms with Crippen LogP contribution in [0.25, 0.3) is 11.5 Å². The molecule has 1 aliphatic rings. The van der Waals surface area contributed by atoms with Crippen LogP contribution in [0, 0.1) is 6.92 Å². The Hall–Kier alpha value is -2.80. The Morgan fingerprint density at radius 3 is 2.24 bits per heavy atom. The van der Waals surface area contributed by atoms with Gasteiger partial charge in [0.05, 0.1) is 12.0 Å². The highest BCUT2D eigenvalue weighted by Gasteiger charge is 2.31. The molecule has 0 atom stereocenters. The van der Waals surface area contributed by atoms with Gasteiger partial charge in [-0.3, -0.25) is 0 Å². The highest BCUT2D eigenvalue weighted by atomic mass is 32.2. The Morgan fingerprint density at radius 2 is 1.62 bits per heavy atom. The van der Waals surface area contributed by atoms with Crippen molar-refractivity contribution < 1.29 is 17.6 Å². The van der Waals surface area contributed by atoms with Gasteiger partial charge < -0.3 is 14.1 Å². The first-order chi connectivity index (χ1) is 14.0. The van der Waals surface area contributed by atoms with Crippen molar-refractivity contribution in [1.82, 2.24) is 4.98 Å². The summed E-state index contributed by atoms with van der Waals surface area (Å²) in [5.41, 5.74) is 1.70. The largest absolute Gasteiger partial charge is 0.497 e. The van der Waals surface area contributed by atoms with Crippen LogP contribution in [0.15, 0.2) is 62.9 Å². The number of hydrogen-bond donors (Lipinski definition) is 0. The molecule has 2 aromatic carbocycles. The molecule has 1 saturated heterocycles. The van der Waals surface area contributed by atoms with E-state index < -0.39 is 9.84 Å². The standard InChI is InChI=1S/C22H24N2O4S/c1-16-6-12-19(13-7-16)29(25,26)21-22(24-14-4-3-5-15-24)28-20(23-21)17-8-10-18(27-2)11-9-17/h6-13H,3-5,14-15H2,1-2H3. The second-order valence-electron chi connectivity index (χ2n) is 7.22. The summed E-state index contributed by atoms with van der Waals surface area (Å²) in [5.74, 6) is 1.33. The number of sulfone groups is 1. The zero-order valence-electron chi connectivity index (χ0n) is 16.6. The first-order valence-electron chi connectivity index (χ1n) is 9.71. The van der Waals surface area contributed by atoms with Gasteiger partial charge in [0.15, 0.2) is 0 Å². The van der Waals surface area contributed by atoms with Crippen LogP contribution in [0.4, 0.5) is 5.88 Å². The molecule has 0 spiro atoms. The van der Waals surface area contributed by atoms with Crippen molar-refractivity contribution in [2.75, 3.05) is 25.1 Å². The fourth-order valence-electron chi connectivity index (χ4n) is 3.46. The molecule has 2 heterocycles. The molecule has 3 aromatic rings. The van der Waals surface area contributed by atoms with Gasteiger partial charge in [0.1, 0.15) is 5.75 Å². The number of ether oxygens (including phenoxy) is 1. The quantitative estimate of drug-likeness (QED) is 0.615. The van der Waals surface area contributed by atoms with Crippen LogP contribution in [0.1, 0.15) is 24.8 Å². The summed E-state index contributed by atoms with van der Waals surface area (Å²) in [6, 6.07) is 14.0. The Labute approximate surface area is 171 Å². The van der Waals surface area contributed by atoms with E-state index in [-0.39, 0.29) is 9.92 Å². The SMILES string of the molecule is COc1ccc(-c2nc(S(=O)(=O)c3ccc(C)cc3)c(N3CCCCC3)o2)cc1. The molecular formula is C22H24N2O4S. The minimum atomic E-state index is -3.81. The second kappa shape index (κ2) is 7.91. The Morgan fingerprint density at radius 1 is 0.966 bits per heavy atom. The van der Waals surface area contributed by atoms with Crippen molar-refractivity contribution in [3.05, 3.63) is 54.1 Å². The smallest absolute Gasteiger partial charge is 0.236 e. The molecule has 0 saturated carbocycles. The topological polar surface area (TPSA) is 72.6 Å². The van der Waals surface area contributed by atoms with Crippen LogP contribution in [0.3, 0.4) is 0 Å². The molecule has 1 fully saturated rings. The first-order valence-corrected chi connectivity index (χ1v) is 11.2. The molecule has 0 unspecified atom stereocenters. The third kappa shape index (κ3) is 3.87. The maximum Gasteiger partial charge on any atom is 0.236 e. The third-order valence-corrected chi connectivity index (χ3v) is 6.81. The molecule has 1 aromatic heterocycles. The molecule has 0 aliphatic carbocycles. The Balaban J connectivity index is 1.82. The van der Waals surface area contributed by atoms with E-state index in [0.29, 0.717) is 23.1 Å². The van der Waals surface area contributed by atoms with E-state index in [9.17, 15) is 8.42 Å². The van der Waals surface area contributed by atoms with Gasteiger partial charge in [0.2, 0.25) is 26.6 Å². The van der Waals surface area contributed by atoms with Crippen LogP contribution < -0.4 is 9.64 Å². The van der Waals surface area contributed by atoms with Gasteiger partial charge in [-0.1, -0.05) is 17.7 Å². The lowest BCUT2D eigenvalue weighted by molar-refractivity contribution is 0.415. The molecule has 0 bridgehead atoms. The normalized spacial score (nSPS) is 14.8.